The Hall–Kier alpha value is -1.78. The Morgan fingerprint density at radius 2 is 2.28 bits per heavy atom. The van der Waals surface area contributed by atoms with Crippen LogP contribution < -0.4 is 5.32 Å². The zero-order valence-corrected chi connectivity index (χ0v) is 10.5. The molecule has 0 bridgehead atoms. The first-order valence-electron chi connectivity index (χ1n) is 6.14. The van der Waals surface area contributed by atoms with Crippen LogP contribution in [-0.4, -0.2) is 23.5 Å². The molecule has 0 saturated heterocycles. The maximum absolute atomic E-state index is 11.5. The molecule has 1 unspecified atom stereocenters. The van der Waals surface area contributed by atoms with Crippen molar-refractivity contribution in [2.24, 2.45) is 5.92 Å². The standard InChI is InChI=1S/C13H19NO4/c1-2-3-11(13(16)17)8-14-12(15)5-4-10-6-7-18-9-10/h6-7,9,11H,2-5,8H2,1H3,(H,14,15)(H,16,17). The SMILES string of the molecule is CCCC(CNC(=O)CCc1ccoc1)C(=O)O. The fraction of sp³-hybridized carbons (Fsp3) is 0.538. The first kappa shape index (κ1) is 14.3. The van der Waals surface area contributed by atoms with Crippen LogP contribution in [-0.2, 0) is 16.0 Å². The predicted octanol–water partition coefficient (Wildman–Crippen LogP) is 1.83. The Bertz CT molecular complexity index is 372. The molecule has 5 nitrogen and oxygen atoms in total. The summed E-state index contributed by atoms with van der Waals surface area (Å²) in [5, 5.41) is 11.6. The minimum absolute atomic E-state index is 0.126. The molecule has 0 aliphatic rings. The van der Waals surface area contributed by atoms with Gasteiger partial charge in [-0.2, -0.15) is 0 Å². The molecular formula is C13H19NO4. The number of carbonyl (C=O) groups excluding carboxylic acids is 1. The molecule has 1 atom stereocenters. The third kappa shape index (κ3) is 5.03. The van der Waals surface area contributed by atoms with E-state index in [2.05, 4.69) is 5.32 Å². The van der Waals surface area contributed by atoms with Crippen LogP contribution in [0.1, 0.15) is 31.7 Å². The number of aryl methyl sites for hydroxylation is 1. The molecule has 100 valence electrons. The van der Waals surface area contributed by atoms with Gasteiger partial charge >= 0.3 is 5.97 Å². The van der Waals surface area contributed by atoms with Crippen molar-refractivity contribution >= 4 is 11.9 Å². The highest BCUT2D eigenvalue weighted by atomic mass is 16.4. The van der Waals surface area contributed by atoms with Gasteiger partial charge in [0.25, 0.3) is 0 Å². The van der Waals surface area contributed by atoms with Crippen molar-refractivity contribution in [3.05, 3.63) is 24.2 Å². The molecule has 0 radical (unpaired) electrons. The zero-order valence-electron chi connectivity index (χ0n) is 10.5. The van der Waals surface area contributed by atoms with E-state index in [4.69, 9.17) is 9.52 Å². The number of nitrogens with one attached hydrogen (secondary N) is 1. The van der Waals surface area contributed by atoms with Crippen LogP contribution >= 0.6 is 0 Å². The van der Waals surface area contributed by atoms with Crippen molar-refractivity contribution in [1.29, 1.82) is 0 Å². The monoisotopic (exact) mass is 253 g/mol. The van der Waals surface area contributed by atoms with Crippen molar-refractivity contribution in [2.75, 3.05) is 6.54 Å². The van der Waals surface area contributed by atoms with Gasteiger partial charge in [0.2, 0.25) is 5.91 Å². The molecule has 1 rings (SSSR count). The number of hydrogen-bond acceptors (Lipinski definition) is 3. The number of carboxylic acids is 1. The van der Waals surface area contributed by atoms with Gasteiger partial charge in [0, 0.05) is 13.0 Å². The number of carbonyl (C=O) groups is 2. The molecule has 0 aliphatic heterocycles. The van der Waals surface area contributed by atoms with E-state index in [9.17, 15) is 9.59 Å². The van der Waals surface area contributed by atoms with Gasteiger partial charge in [0.05, 0.1) is 18.4 Å². The van der Waals surface area contributed by atoms with Crippen molar-refractivity contribution in [1.82, 2.24) is 5.32 Å². The summed E-state index contributed by atoms with van der Waals surface area (Å²) in [6.45, 7) is 2.13. The molecular weight excluding hydrogens is 234 g/mol. The number of hydrogen-bond donors (Lipinski definition) is 2. The molecule has 1 amide bonds. The Kier molecular flexibility index (Phi) is 5.97. The van der Waals surface area contributed by atoms with Crippen LogP contribution in [0, 0.1) is 5.92 Å². The van der Waals surface area contributed by atoms with E-state index in [1.807, 2.05) is 13.0 Å². The second-order valence-corrected chi connectivity index (χ2v) is 4.26. The van der Waals surface area contributed by atoms with Crippen LogP contribution in [0.15, 0.2) is 23.0 Å². The largest absolute Gasteiger partial charge is 0.481 e. The first-order valence-corrected chi connectivity index (χ1v) is 6.14. The van der Waals surface area contributed by atoms with E-state index in [0.717, 1.165) is 12.0 Å². The molecule has 1 aromatic heterocycles. The number of aliphatic carboxylic acids is 1. The fourth-order valence-electron chi connectivity index (χ4n) is 1.68. The molecule has 1 aromatic rings. The summed E-state index contributed by atoms with van der Waals surface area (Å²) in [5.74, 6) is -1.47. The maximum atomic E-state index is 11.5. The van der Waals surface area contributed by atoms with E-state index in [1.54, 1.807) is 12.5 Å². The van der Waals surface area contributed by atoms with Crippen molar-refractivity contribution < 1.29 is 19.1 Å². The average Bonchev–Trinajstić information content (AvgIpc) is 2.84. The molecule has 0 saturated carbocycles. The van der Waals surface area contributed by atoms with Gasteiger partial charge in [-0.05, 0) is 24.5 Å². The first-order chi connectivity index (χ1) is 8.63. The summed E-state index contributed by atoms with van der Waals surface area (Å²) >= 11 is 0. The smallest absolute Gasteiger partial charge is 0.308 e. The van der Waals surface area contributed by atoms with Gasteiger partial charge in [-0.1, -0.05) is 13.3 Å². The summed E-state index contributed by atoms with van der Waals surface area (Å²) in [7, 11) is 0. The summed E-state index contributed by atoms with van der Waals surface area (Å²) < 4.78 is 4.90. The fourth-order valence-corrected chi connectivity index (χ4v) is 1.68. The number of carboxylic acid groups (broad SMARTS) is 1. The normalized spacial score (nSPS) is 12.1. The van der Waals surface area contributed by atoms with Gasteiger partial charge in [-0.15, -0.1) is 0 Å². The van der Waals surface area contributed by atoms with Crippen molar-refractivity contribution in [3.63, 3.8) is 0 Å². The minimum atomic E-state index is -0.855. The van der Waals surface area contributed by atoms with Crippen LogP contribution in [0.2, 0.25) is 0 Å². The van der Waals surface area contributed by atoms with Crippen LogP contribution in [0.25, 0.3) is 0 Å². The van der Waals surface area contributed by atoms with Crippen LogP contribution in [0.3, 0.4) is 0 Å². The lowest BCUT2D eigenvalue weighted by Crippen LogP contribution is -2.33. The molecule has 18 heavy (non-hydrogen) atoms. The Morgan fingerprint density at radius 1 is 1.50 bits per heavy atom. The van der Waals surface area contributed by atoms with Crippen LogP contribution in [0.5, 0.6) is 0 Å². The van der Waals surface area contributed by atoms with Gasteiger partial charge < -0.3 is 14.8 Å². The van der Waals surface area contributed by atoms with E-state index >= 15 is 0 Å². The zero-order chi connectivity index (χ0) is 13.4. The summed E-state index contributed by atoms with van der Waals surface area (Å²) in [4.78, 5) is 22.4. The number of furan rings is 1. The van der Waals surface area contributed by atoms with Crippen molar-refractivity contribution in [2.45, 2.75) is 32.6 Å². The Labute approximate surface area is 106 Å². The quantitative estimate of drug-likeness (QED) is 0.740. The second-order valence-electron chi connectivity index (χ2n) is 4.26. The number of rotatable bonds is 8. The van der Waals surface area contributed by atoms with E-state index < -0.39 is 11.9 Å². The van der Waals surface area contributed by atoms with Gasteiger partial charge in [0.1, 0.15) is 0 Å². The Balaban J connectivity index is 2.25. The average molecular weight is 253 g/mol. The number of amides is 1. The molecule has 5 heteroatoms. The van der Waals surface area contributed by atoms with Crippen molar-refractivity contribution in [3.8, 4) is 0 Å². The summed E-state index contributed by atoms with van der Waals surface area (Å²) in [6, 6.07) is 1.81. The maximum Gasteiger partial charge on any atom is 0.308 e. The van der Waals surface area contributed by atoms with Gasteiger partial charge in [-0.3, -0.25) is 9.59 Å². The summed E-state index contributed by atoms with van der Waals surface area (Å²) in [5.41, 5.74) is 0.966. The van der Waals surface area contributed by atoms with E-state index in [0.29, 0.717) is 19.3 Å². The highest BCUT2D eigenvalue weighted by molar-refractivity contribution is 5.77. The minimum Gasteiger partial charge on any atom is -0.481 e. The van der Waals surface area contributed by atoms with Gasteiger partial charge in [-0.25, -0.2) is 0 Å². The molecule has 0 spiro atoms. The molecule has 0 aliphatic carbocycles. The van der Waals surface area contributed by atoms with E-state index in [1.165, 1.54) is 0 Å². The topological polar surface area (TPSA) is 79.5 Å². The molecule has 2 N–H and O–H groups in total. The van der Waals surface area contributed by atoms with Crippen LogP contribution in [0.4, 0.5) is 0 Å². The lowest BCUT2D eigenvalue weighted by atomic mass is 10.0. The second kappa shape index (κ2) is 7.53. The highest BCUT2D eigenvalue weighted by Gasteiger charge is 2.16. The summed E-state index contributed by atoms with van der Waals surface area (Å²) in [6.07, 6.45) is 5.49. The lowest BCUT2D eigenvalue weighted by Gasteiger charge is -2.12. The molecule has 0 aromatic carbocycles. The molecule has 1 heterocycles. The Morgan fingerprint density at radius 3 is 2.83 bits per heavy atom. The lowest BCUT2D eigenvalue weighted by molar-refractivity contribution is -0.141. The predicted molar refractivity (Wildman–Crippen MR) is 66.1 cm³/mol. The van der Waals surface area contributed by atoms with Gasteiger partial charge in [0.15, 0.2) is 0 Å². The third-order valence-corrected chi connectivity index (χ3v) is 2.75. The third-order valence-electron chi connectivity index (χ3n) is 2.75. The van der Waals surface area contributed by atoms with E-state index in [-0.39, 0.29) is 12.5 Å². The molecule has 0 fully saturated rings. The highest BCUT2D eigenvalue weighted by Crippen LogP contribution is 2.06.